The number of nitrogens with one attached hydrogen (secondary N) is 1. The van der Waals surface area contributed by atoms with Crippen LogP contribution in [-0.2, 0) is 9.59 Å². The van der Waals surface area contributed by atoms with Crippen molar-refractivity contribution in [3.8, 4) is 5.88 Å². The minimum Gasteiger partial charge on any atom is -0.406 e. The number of aromatic nitrogens is 2. The first-order valence-electron chi connectivity index (χ1n) is 3.86. The summed E-state index contributed by atoms with van der Waals surface area (Å²) in [4.78, 5) is 28.7. The van der Waals surface area contributed by atoms with Gasteiger partial charge in [-0.15, -0.1) is 0 Å². The third-order valence-electron chi connectivity index (χ3n) is 1.18. The molecule has 0 aliphatic rings. The normalized spacial score (nSPS) is 9.29. The summed E-state index contributed by atoms with van der Waals surface area (Å²) in [6.07, 6.45) is 2.56. The second-order valence-corrected chi connectivity index (χ2v) is 2.51. The minimum absolute atomic E-state index is 0.103. The maximum Gasteiger partial charge on any atom is 0.309 e. The van der Waals surface area contributed by atoms with Crippen LogP contribution in [-0.4, -0.2) is 21.8 Å². The molecule has 0 radical (unpaired) electrons. The van der Waals surface area contributed by atoms with Gasteiger partial charge in [0.1, 0.15) is 0 Å². The lowest BCUT2D eigenvalue weighted by Gasteiger charge is -2.01. The Bertz CT molecular complexity index is 312. The fourth-order valence-corrected chi connectivity index (χ4v) is 0.761. The molecule has 1 amide bonds. The van der Waals surface area contributed by atoms with E-state index in [1.165, 1.54) is 26.2 Å². The van der Waals surface area contributed by atoms with Crippen molar-refractivity contribution in [3.63, 3.8) is 0 Å². The first kappa shape index (κ1) is 10.1. The number of anilines is 1. The van der Waals surface area contributed by atoms with E-state index in [9.17, 15) is 9.59 Å². The van der Waals surface area contributed by atoms with Gasteiger partial charge in [0.2, 0.25) is 11.8 Å². The van der Waals surface area contributed by atoms with E-state index in [1.807, 2.05) is 0 Å². The Kier molecular flexibility index (Phi) is 3.11. The summed E-state index contributed by atoms with van der Waals surface area (Å²) in [5.41, 5.74) is 0. The van der Waals surface area contributed by atoms with E-state index in [-0.39, 0.29) is 11.8 Å². The number of carbonyl (C=O) groups excluding carboxylic acids is 2. The monoisotopic (exact) mass is 195 g/mol. The predicted molar refractivity (Wildman–Crippen MR) is 47.6 cm³/mol. The highest BCUT2D eigenvalue weighted by Crippen LogP contribution is 2.06. The second-order valence-electron chi connectivity index (χ2n) is 2.51. The number of rotatable bonds is 2. The molecule has 1 aromatic heterocycles. The topological polar surface area (TPSA) is 81.2 Å². The van der Waals surface area contributed by atoms with Gasteiger partial charge in [-0.3, -0.25) is 9.59 Å². The Balaban J connectivity index is 2.68. The van der Waals surface area contributed by atoms with E-state index >= 15 is 0 Å². The number of nitrogens with zero attached hydrogens (tertiary/aromatic N) is 2. The Morgan fingerprint density at radius 2 is 2.00 bits per heavy atom. The van der Waals surface area contributed by atoms with Gasteiger partial charge in [-0.2, -0.15) is 0 Å². The fraction of sp³-hybridized carbons (Fsp3) is 0.250. The molecule has 6 nitrogen and oxygen atoms in total. The first-order chi connectivity index (χ1) is 6.58. The van der Waals surface area contributed by atoms with Crippen LogP contribution in [0.2, 0.25) is 0 Å². The van der Waals surface area contributed by atoms with Crippen LogP contribution in [0.15, 0.2) is 12.4 Å². The van der Waals surface area contributed by atoms with Crippen LogP contribution >= 0.6 is 0 Å². The molecule has 0 saturated carbocycles. The Morgan fingerprint density at radius 3 is 2.43 bits per heavy atom. The van der Waals surface area contributed by atoms with Crippen molar-refractivity contribution in [3.05, 3.63) is 12.4 Å². The maximum absolute atomic E-state index is 10.6. The number of carbonyl (C=O) groups is 2. The molecule has 0 atom stereocenters. The average molecular weight is 195 g/mol. The standard InChI is InChI=1S/C8H9N3O3/c1-5(12)11-7-3-10-8(4-9-7)14-6(2)13/h3-4H,1-2H3,(H,9,11,12). The molecule has 0 unspecified atom stereocenters. The quantitative estimate of drug-likeness (QED) is 0.689. The van der Waals surface area contributed by atoms with Gasteiger partial charge in [-0.25, -0.2) is 9.97 Å². The lowest BCUT2D eigenvalue weighted by Crippen LogP contribution is -2.09. The molecule has 0 spiro atoms. The van der Waals surface area contributed by atoms with E-state index in [1.54, 1.807) is 0 Å². The molecule has 0 fully saturated rings. The second kappa shape index (κ2) is 4.31. The lowest BCUT2D eigenvalue weighted by atomic mass is 10.6. The molecule has 1 rings (SSSR count). The van der Waals surface area contributed by atoms with Crippen molar-refractivity contribution in [1.82, 2.24) is 9.97 Å². The number of hydrogen-bond acceptors (Lipinski definition) is 5. The van der Waals surface area contributed by atoms with Crippen LogP contribution in [0.3, 0.4) is 0 Å². The third kappa shape index (κ3) is 3.18. The largest absolute Gasteiger partial charge is 0.406 e. The molecule has 1 heterocycles. The Hall–Kier alpha value is -1.98. The van der Waals surface area contributed by atoms with Gasteiger partial charge in [0.15, 0.2) is 5.82 Å². The first-order valence-corrected chi connectivity index (χ1v) is 3.86. The third-order valence-corrected chi connectivity index (χ3v) is 1.18. The van der Waals surface area contributed by atoms with Crippen LogP contribution in [0, 0.1) is 0 Å². The molecule has 0 aliphatic heterocycles. The summed E-state index contributed by atoms with van der Waals surface area (Å²) in [6.45, 7) is 2.63. The number of ether oxygens (including phenoxy) is 1. The van der Waals surface area contributed by atoms with Gasteiger partial charge < -0.3 is 10.1 Å². The summed E-state index contributed by atoms with van der Waals surface area (Å²) in [5, 5.41) is 2.43. The number of amides is 1. The van der Waals surface area contributed by atoms with E-state index in [2.05, 4.69) is 20.0 Å². The molecule has 0 bridgehead atoms. The molecular weight excluding hydrogens is 186 g/mol. The zero-order chi connectivity index (χ0) is 10.6. The van der Waals surface area contributed by atoms with Gasteiger partial charge in [0.25, 0.3) is 0 Å². The van der Waals surface area contributed by atoms with Gasteiger partial charge in [-0.05, 0) is 0 Å². The van der Waals surface area contributed by atoms with Crippen LogP contribution in [0.4, 0.5) is 5.82 Å². The van der Waals surface area contributed by atoms with E-state index < -0.39 is 5.97 Å². The zero-order valence-corrected chi connectivity index (χ0v) is 7.77. The summed E-state index contributed by atoms with van der Waals surface area (Å²) >= 11 is 0. The minimum atomic E-state index is -0.466. The van der Waals surface area contributed by atoms with Gasteiger partial charge in [-0.1, -0.05) is 0 Å². The van der Waals surface area contributed by atoms with Gasteiger partial charge >= 0.3 is 5.97 Å². The maximum atomic E-state index is 10.6. The van der Waals surface area contributed by atoms with Crippen molar-refractivity contribution in [2.45, 2.75) is 13.8 Å². The van der Waals surface area contributed by atoms with Crippen molar-refractivity contribution in [2.75, 3.05) is 5.32 Å². The van der Waals surface area contributed by atoms with Crippen molar-refractivity contribution < 1.29 is 14.3 Å². The summed E-state index contributed by atoms with van der Waals surface area (Å²) in [5.74, 6) is -0.286. The fourth-order valence-electron chi connectivity index (χ4n) is 0.761. The lowest BCUT2D eigenvalue weighted by molar-refractivity contribution is -0.132. The Morgan fingerprint density at radius 1 is 1.29 bits per heavy atom. The molecule has 0 saturated heterocycles. The molecular formula is C8H9N3O3. The van der Waals surface area contributed by atoms with Gasteiger partial charge in [0.05, 0.1) is 12.4 Å². The van der Waals surface area contributed by atoms with Crippen molar-refractivity contribution in [2.24, 2.45) is 0 Å². The van der Waals surface area contributed by atoms with Crippen molar-refractivity contribution >= 4 is 17.7 Å². The SMILES string of the molecule is CC(=O)Nc1cnc(OC(C)=O)cn1. The van der Waals surface area contributed by atoms with Crippen LogP contribution in [0.1, 0.15) is 13.8 Å². The van der Waals surface area contributed by atoms with Crippen LogP contribution in [0.25, 0.3) is 0 Å². The van der Waals surface area contributed by atoms with Gasteiger partial charge in [0, 0.05) is 13.8 Å². The molecule has 14 heavy (non-hydrogen) atoms. The predicted octanol–water partition coefficient (Wildman–Crippen LogP) is 0.360. The highest BCUT2D eigenvalue weighted by Gasteiger charge is 2.01. The smallest absolute Gasteiger partial charge is 0.309 e. The average Bonchev–Trinajstić information content (AvgIpc) is 2.06. The summed E-state index contributed by atoms with van der Waals surface area (Å²) in [6, 6.07) is 0. The van der Waals surface area contributed by atoms with Crippen molar-refractivity contribution in [1.29, 1.82) is 0 Å². The highest BCUT2D eigenvalue weighted by molar-refractivity contribution is 5.87. The highest BCUT2D eigenvalue weighted by atomic mass is 16.5. The summed E-state index contributed by atoms with van der Waals surface area (Å²) in [7, 11) is 0. The Labute approximate surface area is 80.3 Å². The van der Waals surface area contributed by atoms with Crippen LogP contribution in [0.5, 0.6) is 5.88 Å². The zero-order valence-electron chi connectivity index (χ0n) is 7.77. The van der Waals surface area contributed by atoms with E-state index in [0.29, 0.717) is 5.82 Å². The molecule has 74 valence electrons. The molecule has 6 heteroatoms. The summed E-state index contributed by atoms with van der Waals surface area (Å²) < 4.78 is 4.65. The molecule has 0 aliphatic carbocycles. The van der Waals surface area contributed by atoms with E-state index in [4.69, 9.17) is 0 Å². The molecule has 1 aromatic rings. The number of hydrogen-bond donors (Lipinski definition) is 1. The van der Waals surface area contributed by atoms with E-state index in [0.717, 1.165) is 0 Å². The number of esters is 1. The molecule has 0 aromatic carbocycles. The molecule has 1 N–H and O–H groups in total. The van der Waals surface area contributed by atoms with Crippen LogP contribution < -0.4 is 10.1 Å².